The lowest BCUT2D eigenvalue weighted by atomic mass is 9.96. The topological polar surface area (TPSA) is 307 Å². The number of hydrogen-bond donors (Lipinski definition) is 12. The molecule has 0 spiro atoms. The van der Waals surface area contributed by atoms with Gasteiger partial charge in [-0.2, -0.15) is 0 Å². The quantitative estimate of drug-likeness (QED) is 0.0199. The first-order valence-electron chi connectivity index (χ1n) is 40.5. The van der Waals surface area contributed by atoms with Crippen molar-refractivity contribution in [2.75, 3.05) is 26.4 Å². The Morgan fingerprint density at radius 1 is 0.360 bits per heavy atom. The van der Waals surface area contributed by atoms with Crippen molar-refractivity contribution in [2.24, 2.45) is 0 Å². The van der Waals surface area contributed by atoms with Crippen LogP contribution in [0.5, 0.6) is 0 Å². The van der Waals surface area contributed by atoms with Gasteiger partial charge in [-0.25, -0.2) is 0 Å². The smallest absolute Gasteiger partial charge is 0.220 e. The minimum atomic E-state index is -1.98. The van der Waals surface area contributed by atoms with Gasteiger partial charge >= 0.3 is 0 Å². The number of nitrogens with one attached hydrogen (secondary N) is 1. The lowest BCUT2D eigenvalue weighted by Crippen LogP contribution is -2.66. The SMILES string of the molecule is CCCCCCC/C=C\C/C=C\C/C=C\CCCCCCCCCCCCCCCCCCC(=O)NC(COC1OC(CO)C(OC2OC(CO)C(OC3OC(CO)C(O)C(O)C3O)C(O)C2O)C(O)C1O)C(O)/C=C/CC/C=C/CCCCCCCCCCCCCCCCCCCC. The summed E-state index contributed by atoms with van der Waals surface area (Å²) in [5, 5.41) is 121. The highest BCUT2D eigenvalue weighted by Crippen LogP contribution is 2.33. The maximum atomic E-state index is 13.5. The third-order valence-electron chi connectivity index (χ3n) is 20.0. The van der Waals surface area contributed by atoms with E-state index < -0.39 is 124 Å². The molecule has 17 atom stereocenters. The molecular weight excluding hydrogens is 1270 g/mol. The first-order valence-corrected chi connectivity index (χ1v) is 40.5. The minimum absolute atomic E-state index is 0.235. The predicted octanol–water partition coefficient (Wildman–Crippen LogP) is 13.5. The van der Waals surface area contributed by atoms with Crippen LogP contribution >= 0.6 is 0 Å². The number of ether oxygens (including phenoxy) is 6. The molecule has 0 aromatic carbocycles. The summed E-state index contributed by atoms with van der Waals surface area (Å²) in [4.78, 5) is 13.5. The third-order valence-corrected chi connectivity index (χ3v) is 20.0. The van der Waals surface area contributed by atoms with Gasteiger partial charge in [0.25, 0.3) is 0 Å². The largest absolute Gasteiger partial charge is 0.394 e. The summed E-state index contributed by atoms with van der Waals surface area (Å²) in [6.07, 6.45) is 52.1. The molecule has 12 N–H and O–H groups in total. The van der Waals surface area contributed by atoms with Gasteiger partial charge < -0.3 is 89.9 Å². The number of aliphatic hydroxyl groups excluding tert-OH is 11. The molecule has 19 nitrogen and oxygen atoms in total. The molecule has 17 unspecified atom stereocenters. The summed E-state index contributed by atoms with van der Waals surface area (Å²) in [5.74, 6) is -0.282. The van der Waals surface area contributed by atoms with Crippen LogP contribution in [-0.4, -0.2) is 193 Å². The van der Waals surface area contributed by atoms with Crippen LogP contribution in [0.1, 0.15) is 316 Å². The Labute approximate surface area is 605 Å². The van der Waals surface area contributed by atoms with E-state index in [1.54, 1.807) is 6.08 Å². The maximum Gasteiger partial charge on any atom is 0.220 e. The maximum absolute atomic E-state index is 13.5. The van der Waals surface area contributed by atoms with Crippen LogP contribution in [0.3, 0.4) is 0 Å². The van der Waals surface area contributed by atoms with Crippen LogP contribution in [0, 0.1) is 0 Å². The van der Waals surface area contributed by atoms with Crippen LogP contribution in [0.15, 0.2) is 60.8 Å². The fraction of sp³-hybridized carbons (Fsp3) is 0.864. The summed E-state index contributed by atoms with van der Waals surface area (Å²) >= 11 is 0. The van der Waals surface area contributed by atoms with E-state index >= 15 is 0 Å². The average Bonchev–Trinajstić information content (AvgIpc) is 0.783. The van der Waals surface area contributed by atoms with Crippen molar-refractivity contribution in [3.05, 3.63) is 60.8 Å². The van der Waals surface area contributed by atoms with Crippen LogP contribution in [0.4, 0.5) is 0 Å². The summed E-state index contributed by atoms with van der Waals surface area (Å²) in [5.41, 5.74) is 0. The Kier molecular flexibility index (Phi) is 56.5. The lowest BCUT2D eigenvalue weighted by molar-refractivity contribution is -0.379. The van der Waals surface area contributed by atoms with E-state index in [9.17, 15) is 61.0 Å². The van der Waals surface area contributed by atoms with Crippen molar-refractivity contribution in [2.45, 2.75) is 420 Å². The van der Waals surface area contributed by atoms with Crippen LogP contribution < -0.4 is 5.32 Å². The number of aliphatic hydroxyl groups is 11. The number of amides is 1. The lowest BCUT2D eigenvalue weighted by Gasteiger charge is -2.48. The van der Waals surface area contributed by atoms with Gasteiger partial charge in [0.2, 0.25) is 5.91 Å². The fourth-order valence-corrected chi connectivity index (χ4v) is 13.5. The zero-order chi connectivity index (χ0) is 72.5. The van der Waals surface area contributed by atoms with Crippen molar-refractivity contribution in [1.29, 1.82) is 0 Å². The normalized spacial score (nSPS) is 26.8. The van der Waals surface area contributed by atoms with Gasteiger partial charge in [-0.15, -0.1) is 0 Å². The molecule has 3 saturated heterocycles. The third kappa shape index (κ3) is 41.4. The Morgan fingerprint density at radius 2 is 0.670 bits per heavy atom. The number of allylic oxidation sites excluding steroid dienone is 9. The van der Waals surface area contributed by atoms with Crippen LogP contribution in [0.25, 0.3) is 0 Å². The second kappa shape index (κ2) is 61.6. The Balaban J connectivity index is 1.38. The first kappa shape index (κ1) is 91.7. The van der Waals surface area contributed by atoms with Crippen molar-refractivity contribution >= 4 is 5.91 Å². The zero-order valence-corrected chi connectivity index (χ0v) is 62.4. The van der Waals surface area contributed by atoms with E-state index in [1.165, 1.54) is 231 Å². The van der Waals surface area contributed by atoms with Gasteiger partial charge in [0.15, 0.2) is 18.9 Å². The molecule has 3 rings (SSSR count). The van der Waals surface area contributed by atoms with E-state index in [2.05, 4.69) is 67.8 Å². The molecule has 100 heavy (non-hydrogen) atoms. The zero-order valence-electron chi connectivity index (χ0n) is 62.4. The molecular formula is C81H147NO18. The molecule has 3 aliphatic heterocycles. The van der Waals surface area contributed by atoms with Crippen molar-refractivity contribution in [3.8, 4) is 0 Å². The van der Waals surface area contributed by atoms with Crippen molar-refractivity contribution in [3.63, 3.8) is 0 Å². The molecule has 584 valence electrons. The molecule has 19 heteroatoms. The van der Waals surface area contributed by atoms with Crippen molar-refractivity contribution in [1.82, 2.24) is 5.32 Å². The second-order valence-corrected chi connectivity index (χ2v) is 28.9. The summed E-state index contributed by atoms with van der Waals surface area (Å²) in [6.45, 7) is 1.74. The molecule has 0 aromatic rings. The average molecular weight is 1420 g/mol. The number of hydrogen-bond acceptors (Lipinski definition) is 18. The molecule has 0 radical (unpaired) electrons. The highest BCUT2D eigenvalue weighted by Gasteiger charge is 2.54. The van der Waals surface area contributed by atoms with Gasteiger partial charge in [0, 0.05) is 6.42 Å². The van der Waals surface area contributed by atoms with E-state index in [0.29, 0.717) is 12.8 Å². The minimum Gasteiger partial charge on any atom is -0.394 e. The molecule has 3 fully saturated rings. The van der Waals surface area contributed by atoms with E-state index in [1.807, 2.05) is 6.08 Å². The number of unbranched alkanes of at least 4 members (excludes halogenated alkanes) is 40. The van der Waals surface area contributed by atoms with Crippen LogP contribution in [0.2, 0.25) is 0 Å². The van der Waals surface area contributed by atoms with Crippen LogP contribution in [-0.2, 0) is 33.2 Å². The fourth-order valence-electron chi connectivity index (χ4n) is 13.5. The summed E-state index contributed by atoms with van der Waals surface area (Å²) in [6, 6.07) is -0.993. The molecule has 0 aliphatic carbocycles. The molecule has 0 bridgehead atoms. The Hall–Kier alpha value is -2.51. The monoisotopic (exact) mass is 1420 g/mol. The molecule has 3 aliphatic rings. The highest BCUT2D eigenvalue weighted by molar-refractivity contribution is 5.76. The standard InChI is InChI=1S/C81H147NO18/c1-3-5-7-9-11-13-15-17-19-21-23-25-27-29-30-31-32-33-34-35-37-39-41-43-45-47-49-51-53-55-57-59-69(87)82-64(65(86)58-56-54-52-50-48-46-44-42-40-38-36-28-26-24-22-20-18-16-14-12-10-8-6-4-2)63-95-79-75(93)72(90)77(67(61-84)97-79)100-81-76(94)73(91)78(68(62-85)98-81)99-80-74(92)71(89)70(88)66(60-83)96-80/h15,17,21,23,27,29,48,50,56,58,64-68,70-81,83-86,88-94H,3-14,16,18-20,22,24-26,28,30-47,49,51-55,57,59-63H2,1-2H3,(H,82,87)/b17-15-,23-21-,29-27-,50-48+,58-56+. The second-order valence-electron chi connectivity index (χ2n) is 28.9. The van der Waals surface area contributed by atoms with Gasteiger partial charge in [0.05, 0.1) is 38.6 Å². The summed E-state index contributed by atoms with van der Waals surface area (Å²) in [7, 11) is 0. The predicted molar refractivity (Wildman–Crippen MR) is 397 cm³/mol. The Bertz CT molecular complexity index is 2040. The molecule has 0 saturated carbocycles. The number of carbonyl (C=O) groups is 1. The van der Waals surface area contributed by atoms with Gasteiger partial charge in [-0.1, -0.05) is 299 Å². The highest BCUT2D eigenvalue weighted by atomic mass is 16.8. The van der Waals surface area contributed by atoms with Gasteiger partial charge in [0.1, 0.15) is 73.2 Å². The van der Waals surface area contributed by atoms with E-state index in [4.69, 9.17) is 28.4 Å². The number of carbonyl (C=O) groups excluding carboxylic acids is 1. The van der Waals surface area contributed by atoms with E-state index in [-0.39, 0.29) is 18.9 Å². The van der Waals surface area contributed by atoms with E-state index in [0.717, 1.165) is 51.4 Å². The molecule has 3 heterocycles. The summed E-state index contributed by atoms with van der Waals surface area (Å²) < 4.78 is 34.4. The van der Waals surface area contributed by atoms with Gasteiger partial charge in [-0.3, -0.25) is 4.79 Å². The molecule has 0 aromatic heterocycles. The van der Waals surface area contributed by atoms with Crippen molar-refractivity contribution < 1.29 is 89.4 Å². The van der Waals surface area contributed by atoms with Gasteiger partial charge in [-0.05, 0) is 70.6 Å². The number of rotatable bonds is 64. The Morgan fingerprint density at radius 3 is 1.07 bits per heavy atom. The first-order chi connectivity index (χ1) is 48.8. The molecule has 1 amide bonds.